The molecule has 21 heavy (non-hydrogen) atoms. The highest BCUT2D eigenvalue weighted by Crippen LogP contribution is 2.32. The number of benzene rings is 1. The molecular weight excluding hydrogens is 258 g/mol. The number of hydrogen-bond donors (Lipinski definition) is 1. The first-order valence-corrected chi connectivity index (χ1v) is 8.60. The van der Waals surface area contributed by atoms with Crippen molar-refractivity contribution in [3.05, 3.63) is 29.3 Å². The summed E-state index contributed by atoms with van der Waals surface area (Å²) in [5.41, 5.74) is 2.61. The average Bonchev–Trinajstić information content (AvgIpc) is 2.46. The Morgan fingerprint density at radius 1 is 1.33 bits per heavy atom. The van der Waals surface area contributed by atoms with Crippen LogP contribution in [0.15, 0.2) is 18.2 Å². The molecule has 1 aliphatic carbocycles. The van der Waals surface area contributed by atoms with Gasteiger partial charge >= 0.3 is 0 Å². The van der Waals surface area contributed by atoms with E-state index in [0.717, 1.165) is 24.6 Å². The molecule has 1 N–H and O–H groups in total. The number of aryl methyl sites for hydroxylation is 1. The maximum Gasteiger partial charge on any atom is 0.124 e. The zero-order valence-electron chi connectivity index (χ0n) is 14.1. The van der Waals surface area contributed by atoms with Crippen LogP contribution in [0.5, 0.6) is 5.75 Å². The topological polar surface area (TPSA) is 21.3 Å². The molecule has 0 amide bonds. The third-order valence-electron chi connectivity index (χ3n) is 4.51. The second-order valence-corrected chi connectivity index (χ2v) is 6.73. The van der Waals surface area contributed by atoms with Crippen molar-refractivity contribution < 1.29 is 4.74 Å². The van der Waals surface area contributed by atoms with E-state index < -0.39 is 0 Å². The van der Waals surface area contributed by atoms with Gasteiger partial charge in [-0.15, -0.1) is 0 Å². The first-order valence-electron chi connectivity index (χ1n) is 8.60. The second kappa shape index (κ2) is 7.84. The van der Waals surface area contributed by atoms with Crippen molar-refractivity contribution in [1.82, 2.24) is 5.32 Å². The molecule has 1 fully saturated rings. The molecule has 0 saturated heterocycles. The molecule has 1 aliphatic rings. The van der Waals surface area contributed by atoms with Gasteiger partial charge in [-0.05, 0) is 58.1 Å². The third-order valence-corrected chi connectivity index (χ3v) is 4.51. The summed E-state index contributed by atoms with van der Waals surface area (Å²) in [6.07, 6.45) is 6.62. The molecule has 0 aliphatic heterocycles. The Bertz CT molecular complexity index is 443. The fourth-order valence-electron chi connectivity index (χ4n) is 3.25. The molecule has 0 heterocycles. The maximum absolute atomic E-state index is 6.37. The summed E-state index contributed by atoms with van der Waals surface area (Å²) in [4.78, 5) is 0. The summed E-state index contributed by atoms with van der Waals surface area (Å²) < 4.78 is 6.37. The summed E-state index contributed by atoms with van der Waals surface area (Å²) in [6.45, 7) is 9.99. The van der Waals surface area contributed by atoms with Gasteiger partial charge in [0, 0.05) is 11.6 Å². The molecule has 2 heteroatoms. The van der Waals surface area contributed by atoms with Gasteiger partial charge in [-0.25, -0.2) is 0 Å². The number of nitrogens with one attached hydrogen (secondary N) is 1. The van der Waals surface area contributed by atoms with Crippen molar-refractivity contribution in [1.29, 1.82) is 0 Å². The Hall–Kier alpha value is -1.02. The molecule has 2 rings (SSSR count). The molecule has 0 radical (unpaired) electrons. The van der Waals surface area contributed by atoms with Crippen LogP contribution in [-0.2, 0) is 0 Å². The molecule has 3 unspecified atom stereocenters. The van der Waals surface area contributed by atoms with E-state index in [0.29, 0.717) is 12.1 Å². The van der Waals surface area contributed by atoms with Crippen LogP contribution >= 0.6 is 0 Å². The molecule has 3 atom stereocenters. The van der Waals surface area contributed by atoms with E-state index in [1.807, 2.05) is 0 Å². The smallest absolute Gasteiger partial charge is 0.124 e. The lowest BCUT2D eigenvalue weighted by molar-refractivity contribution is 0.127. The monoisotopic (exact) mass is 289 g/mol. The van der Waals surface area contributed by atoms with Gasteiger partial charge in [-0.1, -0.05) is 38.0 Å². The number of rotatable bonds is 6. The van der Waals surface area contributed by atoms with E-state index >= 15 is 0 Å². The van der Waals surface area contributed by atoms with Gasteiger partial charge in [0.2, 0.25) is 0 Å². The van der Waals surface area contributed by atoms with Crippen LogP contribution < -0.4 is 10.1 Å². The highest BCUT2D eigenvalue weighted by Gasteiger charge is 2.22. The van der Waals surface area contributed by atoms with Gasteiger partial charge in [0.25, 0.3) is 0 Å². The van der Waals surface area contributed by atoms with Gasteiger partial charge in [0.05, 0.1) is 6.10 Å². The lowest BCUT2D eigenvalue weighted by Crippen LogP contribution is -2.26. The zero-order valence-corrected chi connectivity index (χ0v) is 14.1. The summed E-state index contributed by atoms with van der Waals surface area (Å²) in [6, 6.07) is 6.95. The summed E-state index contributed by atoms with van der Waals surface area (Å²) in [5, 5.41) is 3.58. The minimum Gasteiger partial charge on any atom is -0.490 e. The molecule has 0 bridgehead atoms. The van der Waals surface area contributed by atoms with E-state index in [1.165, 1.54) is 36.8 Å². The van der Waals surface area contributed by atoms with Crippen molar-refractivity contribution in [2.75, 3.05) is 6.54 Å². The Labute approximate surface area is 130 Å². The average molecular weight is 289 g/mol. The number of ether oxygens (including phenoxy) is 1. The third kappa shape index (κ3) is 4.74. The standard InChI is InChI=1S/C19H31NO/c1-5-11-20-16(4)18-13-15(3)9-10-19(18)21-17-8-6-7-14(2)12-17/h9-10,13-14,16-17,20H,5-8,11-12H2,1-4H3. The van der Waals surface area contributed by atoms with Gasteiger partial charge in [0.1, 0.15) is 5.75 Å². The van der Waals surface area contributed by atoms with Crippen molar-refractivity contribution in [3.8, 4) is 5.75 Å². The van der Waals surface area contributed by atoms with Crippen LogP contribution in [0.4, 0.5) is 0 Å². The maximum atomic E-state index is 6.37. The Morgan fingerprint density at radius 3 is 2.86 bits per heavy atom. The van der Waals surface area contributed by atoms with Crippen LogP contribution in [0.3, 0.4) is 0 Å². The highest BCUT2D eigenvalue weighted by atomic mass is 16.5. The molecule has 118 valence electrons. The second-order valence-electron chi connectivity index (χ2n) is 6.73. The van der Waals surface area contributed by atoms with Crippen molar-refractivity contribution in [2.45, 2.75) is 71.9 Å². The molecule has 0 aromatic heterocycles. The minimum atomic E-state index is 0.348. The normalized spacial score (nSPS) is 23.8. The van der Waals surface area contributed by atoms with Gasteiger partial charge in [-0.3, -0.25) is 0 Å². The van der Waals surface area contributed by atoms with Crippen molar-refractivity contribution in [3.63, 3.8) is 0 Å². The quantitative estimate of drug-likeness (QED) is 0.794. The van der Waals surface area contributed by atoms with E-state index in [9.17, 15) is 0 Å². The van der Waals surface area contributed by atoms with Crippen LogP contribution in [-0.4, -0.2) is 12.6 Å². The van der Waals surface area contributed by atoms with Crippen LogP contribution in [0, 0.1) is 12.8 Å². The molecule has 1 aromatic rings. The molecule has 0 spiro atoms. The Kier molecular flexibility index (Phi) is 6.10. The van der Waals surface area contributed by atoms with E-state index in [1.54, 1.807) is 0 Å². The van der Waals surface area contributed by atoms with E-state index in [2.05, 4.69) is 51.2 Å². The predicted octanol–water partition coefficient (Wildman–Crippen LogP) is 5.01. The lowest BCUT2D eigenvalue weighted by atomic mass is 9.88. The van der Waals surface area contributed by atoms with Gasteiger partial charge in [0.15, 0.2) is 0 Å². The fraction of sp³-hybridized carbons (Fsp3) is 0.684. The minimum absolute atomic E-state index is 0.348. The van der Waals surface area contributed by atoms with Crippen LogP contribution in [0.25, 0.3) is 0 Å². The Balaban J connectivity index is 2.10. The molecular formula is C19H31NO. The van der Waals surface area contributed by atoms with Crippen LogP contribution in [0.2, 0.25) is 0 Å². The Morgan fingerprint density at radius 2 is 2.14 bits per heavy atom. The molecule has 2 nitrogen and oxygen atoms in total. The number of hydrogen-bond acceptors (Lipinski definition) is 2. The summed E-state index contributed by atoms with van der Waals surface area (Å²) >= 11 is 0. The van der Waals surface area contributed by atoms with Gasteiger partial charge in [-0.2, -0.15) is 0 Å². The van der Waals surface area contributed by atoms with Gasteiger partial charge < -0.3 is 10.1 Å². The lowest BCUT2D eigenvalue weighted by Gasteiger charge is -2.29. The van der Waals surface area contributed by atoms with Crippen molar-refractivity contribution in [2.24, 2.45) is 5.92 Å². The molecule has 1 saturated carbocycles. The first kappa shape index (κ1) is 16.4. The van der Waals surface area contributed by atoms with E-state index in [4.69, 9.17) is 4.74 Å². The van der Waals surface area contributed by atoms with Crippen LogP contribution in [0.1, 0.15) is 70.0 Å². The first-order chi connectivity index (χ1) is 10.1. The van der Waals surface area contributed by atoms with E-state index in [-0.39, 0.29) is 0 Å². The SMILES string of the molecule is CCCNC(C)c1cc(C)ccc1OC1CCCC(C)C1. The molecule has 1 aromatic carbocycles. The summed E-state index contributed by atoms with van der Waals surface area (Å²) in [7, 11) is 0. The fourth-order valence-corrected chi connectivity index (χ4v) is 3.25. The zero-order chi connectivity index (χ0) is 15.2. The largest absolute Gasteiger partial charge is 0.490 e. The summed E-state index contributed by atoms with van der Waals surface area (Å²) in [5.74, 6) is 1.88. The predicted molar refractivity (Wildman–Crippen MR) is 89.9 cm³/mol. The van der Waals surface area contributed by atoms with Crippen molar-refractivity contribution >= 4 is 0 Å². The highest BCUT2D eigenvalue weighted by molar-refractivity contribution is 5.39.